The van der Waals surface area contributed by atoms with Gasteiger partial charge in [-0.1, -0.05) is 6.07 Å². The van der Waals surface area contributed by atoms with Crippen LogP contribution in [-0.4, -0.2) is 26.2 Å². The van der Waals surface area contributed by atoms with E-state index in [-0.39, 0.29) is 30.0 Å². The Morgan fingerprint density at radius 2 is 1.90 bits per heavy atom. The second-order valence-electron chi connectivity index (χ2n) is 7.62. The fourth-order valence-electron chi connectivity index (χ4n) is 3.78. The minimum absolute atomic E-state index is 0.0228. The Balaban J connectivity index is 1.49. The Morgan fingerprint density at radius 1 is 1.17 bits per heavy atom. The number of aromatic nitrogens is 2. The summed E-state index contributed by atoms with van der Waals surface area (Å²) in [5.74, 6) is -1.27. The highest BCUT2D eigenvalue weighted by Gasteiger charge is 2.45. The number of aromatic hydroxyl groups is 1. The standard InChI is InChI=1S/C23H21FN2O4/c1-12-5-16(27)6-13(2)22(12)14-3-4-19(24)15(7-14)11-30-21-10-25-20(9-26-21)17-8-18(17)23(28)29/h3-7,9-10,17-18,27H,8,11H2,1-2H3,(H,28,29)/t17-,18-/m1/s1. The molecule has 1 saturated carbocycles. The largest absolute Gasteiger partial charge is 0.508 e. The first kappa shape index (κ1) is 19.8. The maximum absolute atomic E-state index is 14.3. The van der Waals surface area contributed by atoms with Gasteiger partial charge in [-0.15, -0.1) is 0 Å². The van der Waals surface area contributed by atoms with Gasteiger partial charge < -0.3 is 14.9 Å². The SMILES string of the molecule is Cc1cc(O)cc(C)c1-c1ccc(F)c(COc2cnc([C@@H]3C[C@H]3C(=O)O)cn2)c1. The number of ether oxygens (including phenoxy) is 1. The van der Waals surface area contributed by atoms with Crippen molar-refractivity contribution in [3.05, 3.63) is 70.9 Å². The third kappa shape index (κ3) is 3.96. The second-order valence-corrected chi connectivity index (χ2v) is 7.62. The Kier molecular flexibility index (Phi) is 5.11. The summed E-state index contributed by atoms with van der Waals surface area (Å²) >= 11 is 0. The Bertz CT molecular complexity index is 1090. The zero-order valence-corrected chi connectivity index (χ0v) is 16.6. The lowest BCUT2D eigenvalue weighted by Gasteiger charge is -2.13. The molecule has 1 heterocycles. The van der Waals surface area contributed by atoms with Crippen LogP contribution in [0, 0.1) is 25.6 Å². The number of hydrogen-bond donors (Lipinski definition) is 2. The zero-order chi connectivity index (χ0) is 21.4. The number of carboxylic acids is 1. The molecule has 2 atom stereocenters. The minimum Gasteiger partial charge on any atom is -0.508 e. The quantitative estimate of drug-likeness (QED) is 0.629. The van der Waals surface area contributed by atoms with Gasteiger partial charge in [0.2, 0.25) is 5.88 Å². The van der Waals surface area contributed by atoms with E-state index in [0.717, 1.165) is 22.3 Å². The topological polar surface area (TPSA) is 92.5 Å². The lowest BCUT2D eigenvalue weighted by molar-refractivity contribution is -0.138. The van der Waals surface area contributed by atoms with E-state index >= 15 is 0 Å². The van der Waals surface area contributed by atoms with Crippen LogP contribution < -0.4 is 4.74 Å². The van der Waals surface area contributed by atoms with Gasteiger partial charge in [0.05, 0.1) is 24.0 Å². The van der Waals surface area contributed by atoms with E-state index in [2.05, 4.69) is 9.97 Å². The molecular weight excluding hydrogens is 387 g/mol. The maximum atomic E-state index is 14.3. The fraction of sp³-hybridized carbons (Fsp3) is 0.261. The summed E-state index contributed by atoms with van der Waals surface area (Å²) < 4.78 is 19.9. The molecule has 0 amide bonds. The predicted molar refractivity (Wildman–Crippen MR) is 108 cm³/mol. The lowest BCUT2D eigenvalue weighted by atomic mass is 9.94. The average Bonchev–Trinajstić information content (AvgIpc) is 3.49. The van der Waals surface area contributed by atoms with Crippen molar-refractivity contribution in [1.29, 1.82) is 0 Å². The van der Waals surface area contributed by atoms with Crippen LogP contribution in [0.5, 0.6) is 11.6 Å². The van der Waals surface area contributed by atoms with E-state index in [1.54, 1.807) is 24.3 Å². The number of benzene rings is 2. The summed E-state index contributed by atoms with van der Waals surface area (Å²) in [5, 5.41) is 18.8. The van der Waals surface area contributed by atoms with Crippen LogP contribution in [0.25, 0.3) is 11.1 Å². The van der Waals surface area contributed by atoms with Crippen LogP contribution >= 0.6 is 0 Å². The number of phenols is 1. The molecule has 30 heavy (non-hydrogen) atoms. The summed E-state index contributed by atoms with van der Waals surface area (Å²) in [6.07, 6.45) is 3.51. The number of rotatable bonds is 6. The van der Waals surface area contributed by atoms with Gasteiger partial charge in [0, 0.05) is 11.5 Å². The molecule has 2 aromatic carbocycles. The number of phenolic OH excluding ortho intramolecular Hbond substituents is 1. The van der Waals surface area contributed by atoms with E-state index < -0.39 is 11.9 Å². The summed E-state index contributed by atoms with van der Waals surface area (Å²) in [4.78, 5) is 19.4. The van der Waals surface area contributed by atoms with Gasteiger partial charge in [-0.25, -0.2) is 9.37 Å². The van der Waals surface area contributed by atoms with Crippen molar-refractivity contribution in [2.45, 2.75) is 32.8 Å². The van der Waals surface area contributed by atoms with Gasteiger partial charge >= 0.3 is 5.97 Å². The van der Waals surface area contributed by atoms with Crippen LogP contribution in [0.2, 0.25) is 0 Å². The number of carbonyl (C=O) groups is 1. The van der Waals surface area contributed by atoms with Crippen molar-refractivity contribution in [1.82, 2.24) is 9.97 Å². The summed E-state index contributed by atoms with van der Waals surface area (Å²) in [6, 6.07) is 8.18. The molecule has 4 rings (SSSR count). The van der Waals surface area contributed by atoms with Crippen molar-refractivity contribution in [3.63, 3.8) is 0 Å². The molecule has 0 radical (unpaired) electrons. The van der Waals surface area contributed by atoms with Gasteiger partial charge in [0.1, 0.15) is 18.2 Å². The van der Waals surface area contributed by atoms with Crippen molar-refractivity contribution in [2.24, 2.45) is 5.92 Å². The molecule has 3 aromatic rings. The molecule has 7 heteroatoms. The van der Waals surface area contributed by atoms with E-state index in [1.165, 1.54) is 18.5 Å². The molecule has 0 saturated heterocycles. The van der Waals surface area contributed by atoms with Gasteiger partial charge in [0.25, 0.3) is 0 Å². The lowest BCUT2D eigenvalue weighted by Crippen LogP contribution is -2.03. The smallest absolute Gasteiger partial charge is 0.307 e. The molecule has 1 fully saturated rings. The zero-order valence-electron chi connectivity index (χ0n) is 16.6. The maximum Gasteiger partial charge on any atom is 0.307 e. The molecule has 1 aliphatic rings. The highest BCUT2D eigenvalue weighted by Crippen LogP contribution is 2.46. The van der Waals surface area contributed by atoms with E-state index in [1.807, 2.05) is 13.8 Å². The minimum atomic E-state index is -0.823. The van der Waals surface area contributed by atoms with Gasteiger partial charge in [-0.3, -0.25) is 9.78 Å². The first-order valence-electron chi connectivity index (χ1n) is 9.60. The molecule has 0 unspecified atom stereocenters. The summed E-state index contributed by atoms with van der Waals surface area (Å²) in [7, 11) is 0. The number of halogens is 1. The van der Waals surface area contributed by atoms with Gasteiger partial charge in [-0.2, -0.15) is 0 Å². The Hall–Kier alpha value is -3.48. The number of aryl methyl sites for hydroxylation is 2. The number of hydrogen-bond acceptors (Lipinski definition) is 5. The van der Waals surface area contributed by atoms with Crippen LogP contribution in [0.15, 0.2) is 42.7 Å². The Labute approximate surface area is 173 Å². The van der Waals surface area contributed by atoms with Crippen LogP contribution in [0.1, 0.15) is 34.7 Å². The second kappa shape index (κ2) is 7.74. The normalized spacial score (nSPS) is 17.6. The van der Waals surface area contributed by atoms with E-state index in [9.17, 15) is 14.3 Å². The third-order valence-corrected chi connectivity index (χ3v) is 5.36. The molecule has 1 aromatic heterocycles. The molecule has 0 bridgehead atoms. The highest BCUT2D eigenvalue weighted by atomic mass is 19.1. The van der Waals surface area contributed by atoms with E-state index in [0.29, 0.717) is 17.7 Å². The first-order valence-corrected chi connectivity index (χ1v) is 9.60. The van der Waals surface area contributed by atoms with E-state index in [4.69, 9.17) is 9.84 Å². The number of aliphatic carboxylic acids is 1. The first-order chi connectivity index (χ1) is 14.3. The van der Waals surface area contributed by atoms with Crippen LogP contribution in [0.4, 0.5) is 4.39 Å². The van der Waals surface area contributed by atoms with Crippen LogP contribution in [0.3, 0.4) is 0 Å². The summed E-state index contributed by atoms with van der Waals surface area (Å²) in [6.45, 7) is 3.77. The average molecular weight is 408 g/mol. The Morgan fingerprint density at radius 3 is 2.50 bits per heavy atom. The molecule has 0 spiro atoms. The van der Waals surface area contributed by atoms with Crippen molar-refractivity contribution in [3.8, 4) is 22.8 Å². The van der Waals surface area contributed by atoms with Crippen molar-refractivity contribution in [2.75, 3.05) is 0 Å². The molecular formula is C23H21FN2O4. The monoisotopic (exact) mass is 408 g/mol. The van der Waals surface area contributed by atoms with Crippen molar-refractivity contribution >= 4 is 5.97 Å². The fourth-order valence-corrected chi connectivity index (χ4v) is 3.78. The van der Waals surface area contributed by atoms with Crippen molar-refractivity contribution < 1.29 is 24.1 Å². The number of carboxylic acid groups (broad SMARTS) is 1. The predicted octanol–water partition coefficient (Wildman–Crippen LogP) is 4.37. The summed E-state index contributed by atoms with van der Waals surface area (Å²) in [5.41, 5.74) is 4.56. The third-order valence-electron chi connectivity index (χ3n) is 5.36. The molecule has 6 nitrogen and oxygen atoms in total. The molecule has 154 valence electrons. The molecule has 2 N–H and O–H groups in total. The number of nitrogens with zero attached hydrogens (tertiary/aromatic N) is 2. The van der Waals surface area contributed by atoms with Gasteiger partial charge in [-0.05, 0) is 66.8 Å². The highest BCUT2D eigenvalue weighted by molar-refractivity contribution is 5.75. The van der Waals surface area contributed by atoms with Gasteiger partial charge in [0.15, 0.2) is 0 Å². The van der Waals surface area contributed by atoms with Crippen LogP contribution in [-0.2, 0) is 11.4 Å². The molecule has 1 aliphatic carbocycles. The molecule has 0 aliphatic heterocycles.